The largest absolute Gasteiger partial charge is 0.502 e. The molecule has 3 saturated heterocycles. The summed E-state index contributed by atoms with van der Waals surface area (Å²) < 4.78 is 44.0. The summed E-state index contributed by atoms with van der Waals surface area (Å²) in [5.74, 6) is -1.91. The van der Waals surface area contributed by atoms with Crippen LogP contribution in [0.15, 0.2) is 16.6 Å². The third-order valence-corrected chi connectivity index (χ3v) is 7.04. The van der Waals surface area contributed by atoms with Crippen molar-refractivity contribution in [2.75, 3.05) is 24.6 Å². The van der Waals surface area contributed by atoms with Crippen molar-refractivity contribution >= 4 is 54.7 Å². The summed E-state index contributed by atoms with van der Waals surface area (Å²) in [4.78, 5) is 32.5. The number of carbonyl (C=O) groups is 2. The predicted octanol–water partition coefficient (Wildman–Crippen LogP) is 4.79. The lowest BCUT2D eigenvalue weighted by molar-refractivity contribution is -0.216. The van der Waals surface area contributed by atoms with E-state index in [1.54, 1.807) is 11.0 Å². The molecule has 4 heterocycles. The third-order valence-electron chi connectivity index (χ3n) is 5.27. The number of esters is 1. The number of benzene rings is 1. The molecule has 2 atom stereocenters. The zero-order valence-electron chi connectivity index (χ0n) is 18.6. The number of nitrogens with zero attached hydrogens (tertiary/aromatic N) is 3. The first-order valence-electron chi connectivity index (χ1n) is 10.5. The van der Waals surface area contributed by atoms with Gasteiger partial charge in [0.25, 0.3) is 0 Å². The highest BCUT2D eigenvalue weighted by Crippen LogP contribution is 2.43. The number of thiazole rings is 1. The second kappa shape index (κ2) is 8.53. The minimum atomic E-state index is -4.12. The van der Waals surface area contributed by atoms with Gasteiger partial charge in [-0.3, -0.25) is 4.90 Å². The fourth-order valence-electron chi connectivity index (χ4n) is 3.93. The van der Waals surface area contributed by atoms with Crippen molar-refractivity contribution in [2.24, 2.45) is 0 Å². The van der Waals surface area contributed by atoms with Crippen molar-refractivity contribution in [2.45, 2.75) is 57.9 Å². The first-order chi connectivity index (χ1) is 15.4. The van der Waals surface area contributed by atoms with Gasteiger partial charge in [-0.1, -0.05) is 11.3 Å². The summed E-state index contributed by atoms with van der Waals surface area (Å²) in [7, 11) is 0. The molecule has 33 heavy (non-hydrogen) atoms. The molecule has 3 aliphatic rings. The van der Waals surface area contributed by atoms with Crippen LogP contribution in [0.5, 0.6) is 5.75 Å². The normalized spacial score (nSPS) is 20.5. The van der Waals surface area contributed by atoms with E-state index < -0.39 is 17.7 Å². The standard InChI is InChI=1S/C21H24BrF2N3O5S/c1-5-30-17(28)21(23,24)31-14-7-6-13(22)15-16(14)33-18(25-15)26-9-11-8-12(10-26)27(11)19(29)32-20(2,3)4/h6-7,11-12H,5,8-10H2,1-4H3. The number of carbonyl (C=O) groups excluding carboxylic acids is 2. The number of piperazine rings is 1. The van der Waals surface area contributed by atoms with E-state index in [2.05, 4.69) is 25.7 Å². The molecule has 12 heteroatoms. The van der Waals surface area contributed by atoms with Gasteiger partial charge in [0.2, 0.25) is 0 Å². The average molecular weight is 548 g/mol. The zero-order chi connectivity index (χ0) is 24.1. The smallest absolute Gasteiger partial charge is 0.459 e. The molecule has 2 unspecified atom stereocenters. The Kier molecular flexibility index (Phi) is 6.19. The maximum atomic E-state index is 14.2. The fraction of sp³-hybridized carbons (Fsp3) is 0.571. The summed E-state index contributed by atoms with van der Waals surface area (Å²) in [5, 5.41) is 0.625. The number of fused-ring (bicyclic) bond motifs is 3. The number of hydrogen-bond acceptors (Lipinski definition) is 8. The lowest BCUT2D eigenvalue weighted by Crippen LogP contribution is -2.70. The Morgan fingerprint density at radius 3 is 2.52 bits per heavy atom. The molecule has 2 bridgehead atoms. The number of anilines is 1. The molecule has 1 aromatic heterocycles. The topological polar surface area (TPSA) is 81.2 Å². The highest BCUT2D eigenvalue weighted by Gasteiger charge is 2.49. The van der Waals surface area contributed by atoms with E-state index in [0.717, 1.165) is 6.42 Å². The molecule has 0 saturated carbocycles. The van der Waals surface area contributed by atoms with Crippen LogP contribution in [0.4, 0.5) is 18.7 Å². The molecule has 3 aliphatic heterocycles. The molecule has 3 fully saturated rings. The van der Waals surface area contributed by atoms with Gasteiger partial charge in [0.1, 0.15) is 16.9 Å². The third kappa shape index (κ3) is 4.72. The SMILES string of the molecule is CCOC(=O)C(F)(F)Oc1ccc(Br)c2nc(N3CC4CC(C3)N4C(=O)OC(C)(C)C)sc12. The van der Waals surface area contributed by atoms with Crippen molar-refractivity contribution in [1.82, 2.24) is 9.88 Å². The number of hydrogen-bond donors (Lipinski definition) is 0. The summed E-state index contributed by atoms with van der Waals surface area (Å²) in [6.07, 6.45) is -3.57. The fourth-order valence-corrected chi connectivity index (χ4v) is 5.54. The van der Waals surface area contributed by atoms with Crippen LogP contribution >= 0.6 is 27.3 Å². The molecule has 0 spiro atoms. The molecule has 5 rings (SSSR count). The summed E-state index contributed by atoms with van der Waals surface area (Å²) in [6.45, 7) is 7.86. The summed E-state index contributed by atoms with van der Waals surface area (Å²) in [5.41, 5.74) is -0.113. The lowest BCUT2D eigenvalue weighted by Gasteiger charge is -2.55. The minimum Gasteiger partial charge on any atom is -0.459 e. The van der Waals surface area contributed by atoms with Gasteiger partial charge in [-0.2, -0.15) is 8.78 Å². The van der Waals surface area contributed by atoms with Crippen LogP contribution in [0.25, 0.3) is 10.2 Å². The second-order valence-electron chi connectivity index (χ2n) is 8.89. The van der Waals surface area contributed by atoms with Gasteiger partial charge in [0.05, 0.1) is 23.4 Å². The average Bonchev–Trinajstić information content (AvgIpc) is 3.15. The van der Waals surface area contributed by atoms with Gasteiger partial charge in [-0.25, -0.2) is 14.6 Å². The van der Waals surface area contributed by atoms with Gasteiger partial charge in [0.15, 0.2) is 5.13 Å². The number of halogens is 3. The van der Waals surface area contributed by atoms with Gasteiger partial charge < -0.3 is 19.1 Å². The van der Waals surface area contributed by atoms with E-state index in [1.165, 1.54) is 24.3 Å². The monoisotopic (exact) mass is 547 g/mol. The number of rotatable bonds is 5. The van der Waals surface area contributed by atoms with Crippen LogP contribution in [-0.4, -0.2) is 65.4 Å². The molecule has 1 aromatic carbocycles. The molecule has 0 radical (unpaired) electrons. The molecule has 0 N–H and O–H groups in total. The Morgan fingerprint density at radius 1 is 1.24 bits per heavy atom. The molecule has 1 amide bonds. The number of amides is 1. The van der Waals surface area contributed by atoms with Crippen LogP contribution in [0.2, 0.25) is 0 Å². The van der Waals surface area contributed by atoms with Crippen molar-refractivity contribution < 1.29 is 32.6 Å². The van der Waals surface area contributed by atoms with Crippen LogP contribution in [0.3, 0.4) is 0 Å². The summed E-state index contributed by atoms with van der Waals surface area (Å²) >= 11 is 4.59. The minimum absolute atomic E-state index is 0.00193. The Morgan fingerprint density at radius 2 is 1.91 bits per heavy atom. The Labute approximate surface area is 201 Å². The maximum absolute atomic E-state index is 14.2. The Balaban J connectivity index is 1.54. The molecular weight excluding hydrogens is 524 g/mol. The maximum Gasteiger partial charge on any atom is 0.502 e. The quantitative estimate of drug-likeness (QED) is 0.497. The molecule has 180 valence electrons. The zero-order valence-corrected chi connectivity index (χ0v) is 21.0. The van der Waals surface area contributed by atoms with E-state index >= 15 is 0 Å². The van der Waals surface area contributed by atoms with E-state index in [4.69, 9.17) is 9.47 Å². The van der Waals surface area contributed by atoms with E-state index in [0.29, 0.717) is 32.9 Å². The molecule has 0 aliphatic carbocycles. The van der Waals surface area contributed by atoms with Gasteiger partial charge >= 0.3 is 18.2 Å². The lowest BCUT2D eigenvalue weighted by atomic mass is 9.88. The Bertz CT molecular complexity index is 1080. The first-order valence-corrected chi connectivity index (χ1v) is 12.1. The number of alkyl halides is 2. The van der Waals surface area contributed by atoms with Crippen LogP contribution in [-0.2, 0) is 14.3 Å². The molecule has 2 aromatic rings. The summed E-state index contributed by atoms with van der Waals surface area (Å²) in [6, 6.07) is 2.90. The van der Waals surface area contributed by atoms with Gasteiger partial charge in [-0.15, -0.1) is 0 Å². The molecule has 8 nitrogen and oxygen atoms in total. The second-order valence-corrected chi connectivity index (χ2v) is 10.7. The van der Waals surface area contributed by atoms with E-state index in [1.807, 2.05) is 25.7 Å². The van der Waals surface area contributed by atoms with E-state index in [9.17, 15) is 18.4 Å². The number of ether oxygens (including phenoxy) is 3. The number of piperidine rings is 1. The first kappa shape index (κ1) is 23.9. The van der Waals surface area contributed by atoms with Crippen molar-refractivity contribution in [3.63, 3.8) is 0 Å². The highest BCUT2D eigenvalue weighted by atomic mass is 79.9. The number of aromatic nitrogens is 1. The van der Waals surface area contributed by atoms with Gasteiger partial charge in [-0.05, 0) is 62.2 Å². The highest BCUT2D eigenvalue weighted by molar-refractivity contribution is 9.10. The molecular formula is C21H24BrF2N3O5S. The van der Waals surface area contributed by atoms with Crippen molar-refractivity contribution in [3.05, 3.63) is 16.6 Å². The van der Waals surface area contributed by atoms with Crippen LogP contribution in [0.1, 0.15) is 34.1 Å². The van der Waals surface area contributed by atoms with Crippen LogP contribution in [0, 0.1) is 0 Å². The van der Waals surface area contributed by atoms with Crippen molar-refractivity contribution in [3.8, 4) is 5.75 Å². The van der Waals surface area contributed by atoms with Crippen LogP contribution < -0.4 is 9.64 Å². The Hall–Kier alpha value is -2.21. The van der Waals surface area contributed by atoms with Gasteiger partial charge in [0, 0.05) is 17.6 Å². The predicted molar refractivity (Wildman–Crippen MR) is 122 cm³/mol. The van der Waals surface area contributed by atoms with Crippen molar-refractivity contribution in [1.29, 1.82) is 0 Å². The van der Waals surface area contributed by atoms with E-state index in [-0.39, 0.29) is 30.5 Å².